The predicted octanol–water partition coefficient (Wildman–Crippen LogP) is 3.86. The Morgan fingerprint density at radius 1 is 1.38 bits per heavy atom. The Morgan fingerprint density at radius 3 is 2.57 bits per heavy atom. The predicted molar refractivity (Wildman–Crippen MR) is 76.9 cm³/mol. The molecule has 0 saturated heterocycles. The molecule has 1 aromatic rings. The summed E-state index contributed by atoms with van der Waals surface area (Å²) in [7, 11) is 0. The second kappa shape index (κ2) is 7.66. The highest BCUT2D eigenvalue weighted by Gasteiger charge is 2.30. The Kier molecular flexibility index (Phi) is 6.49. The van der Waals surface area contributed by atoms with E-state index in [2.05, 4.69) is 16.4 Å². The molecule has 1 N–H and O–H groups in total. The molecule has 1 aromatic heterocycles. The van der Waals surface area contributed by atoms with E-state index in [0.29, 0.717) is 17.2 Å². The van der Waals surface area contributed by atoms with Gasteiger partial charge in [0, 0.05) is 6.20 Å². The van der Waals surface area contributed by atoms with E-state index >= 15 is 0 Å². The summed E-state index contributed by atoms with van der Waals surface area (Å²) in [6, 6.07) is 4.65. The van der Waals surface area contributed by atoms with Crippen LogP contribution in [-0.4, -0.2) is 22.8 Å². The third kappa shape index (κ3) is 5.94. The van der Waals surface area contributed by atoms with Crippen LogP contribution in [0.3, 0.4) is 0 Å². The maximum atomic E-state index is 12.4. The van der Waals surface area contributed by atoms with E-state index in [1.807, 2.05) is 13.8 Å². The van der Waals surface area contributed by atoms with Gasteiger partial charge in [0.05, 0.1) is 16.7 Å². The monoisotopic (exact) mass is 317 g/mol. The highest BCUT2D eigenvalue weighted by Crippen LogP contribution is 2.29. The first-order valence-electron chi connectivity index (χ1n) is 6.63. The van der Waals surface area contributed by atoms with E-state index in [-0.39, 0.29) is 0 Å². The van der Waals surface area contributed by atoms with Gasteiger partial charge in [-0.1, -0.05) is 6.92 Å². The molecular weight excluding hydrogens is 299 g/mol. The Morgan fingerprint density at radius 2 is 2.10 bits per heavy atom. The van der Waals surface area contributed by atoms with Crippen molar-refractivity contribution in [2.45, 2.75) is 43.4 Å². The number of hydrogen-bond donors (Lipinski definition) is 1. The summed E-state index contributed by atoms with van der Waals surface area (Å²) in [6.45, 7) is 4.51. The number of nitrogens with zero attached hydrogens (tertiary/aromatic N) is 2. The quantitative estimate of drug-likeness (QED) is 0.613. The van der Waals surface area contributed by atoms with Crippen molar-refractivity contribution >= 4 is 11.8 Å². The third-order valence-electron chi connectivity index (χ3n) is 2.95. The average molecular weight is 317 g/mol. The lowest BCUT2D eigenvalue weighted by Crippen LogP contribution is -2.40. The highest BCUT2D eigenvalue weighted by molar-refractivity contribution is 7.99. The van der Waals surface area contributed by atoms with E-state index in [0.717, 1.165) is 25.2 Å². The molecule has 0 saturated carbocycles. The van der Waals surface area contributed by atoms with Gasteiger partial charge in [-0.15, -0.1) is 11.8 Å². The summed E-state index contributed by atoms with van der Waals surface area (Å²) in [5, 5.41) is 12.8. The zero-order chi connectivity index (χ0) is 15.9. The van der Waals surface area contributed by atoms with Crippen molar-refractivity contribution in [3.63, 3.8) is 0 Å². The van der Waals surface area contributed by atoms with Gasteiger partial charge in [-0.25, -0.2) is 4.98 Å². The Hall–Kier alpha value is -1.26. The molecule has 0 bridgehead atoms. The number of alkyl halides is 3. The third-order valence-corrected chi connectivity index (χ3v) is 3.98. The smallest absolute Gasteiger partial charge is 0.300 e. The zero-order valence-electron chi connectivity index (χ0n) is 12.0. The first kappa shape index (κ1) is 17.8. The minimum atomic E-state index is -4.35. The van der Waals surface area contributed by atoms with Gasteiger partial charge < -0.3 is 0 Å². The van der Waals surface area contributed by atoms with Crippen LogP contribution in [-0.2, 0) is 6.18 Å². The first-order chi connectivity index (χ1) is 9.80. The van der Waals surface area contributed by atoms with Crippen LogP contribution in [0.5, 0.6) is 0 Å². The normalized spacial score (nSPS) is 14.5. The maximum absolute atomic E-state index is 12.4. The molecule has 3 nitrogen and oxygen atoms in total. The number of aromatic nitrogens is 1. The molecule has 1 unspecified atom stereocenters. The molecule has 1 atom stereocenters. The molecule has 1 heterocycles. The Labute approximate surface area is 126 Å². The standard InChI is InChI=1S/C14H18F3N3S/c1-3-20-13(2,10-18)7-4-8-21-12-6-5-11(9-19-12)14(15,16)17/h5-6,9,20H,3-4,7-8H2,1-2H3. The van der Waals surface area contributed by atoms with Crippen molar-refractivity contribution in [1.29, 1.82) is 5.26 Å². The summed E-state index contributed by atoms with van der Waals surface area (Å²) in [4.78, 5) is 3.80. The number of thioether (sulfide) groups is 1. The van der Waals surface area contributed by atoms with Gasteiger partial charge in [-0.3, -0.25) is 5.32 Å². The molecule has 0 aliphatic rings. The van der Waals surface area contributed by atoms with Crippen LogP contribution >= 0.6 is 11.8 Å². The molecule has 0 amide bonds. The number of rotatable bonds is 7. The molecule has 0 aliphatic carbocycles. The molecule has 7 heteroatoms. The first-order valence-corrected chi connectivity index (χ1v) is 7.61. The Bertz CT molecular complexity index is 482. The fourth-order valence-corrected chi connectivity index (χ4v) is 2.60. The summed E-state index contributed by atoms with van der Waals surface area (Å²) in [5.41, 5.74) is -1.29. The number of halogens is 3. The van der Waals surface area contributed by atoms with Crippen molar-refractivity contribution in [1.82, 2.24) is 10.3 Å². The minimum absolute atomic E-state index is 0.553. The summed E-state index contributed by atoms with van der Waals surface area (Å²) >= 11 is 1.39. The van der Waals surface area contributed by atoms with Crippen LogP contribution in [0.4, 0.5) is 13.2 Å². The lowest BCUT2D eigenvalue weighted by molar-refractivity contribution is -0.137. The van der Waals surface area contributed by atoms with Gasteiger partial charge in [0.2, 0.25) is 0 Å². The van der Waals surface area contributed by atoms with Crippen molar-refractivity contribution in [2.24, 2.45) is 0 Å². The van der Waals surface area contributed by atoms with Crippen LogP contribution in [0.1, 0.15) is 32.3 Å². The number of pyridine rings is 1. The molecule has 116 valence electrons. The summed E-state index contributed by atoms with van der Waals surface area (Å²) < 4.78 is 37.2. The van der Waals surface area contributed by atoms with E-state index < -0.39 is 17.3 Å². The van der Waals surface area contributed by atoms with Crippen LogP contribution < -0.4 is 5.32 Å². The van der Waals surface area contributed by atoms with E-state index in [1.54, 1.807) is 0 Å². The van der Waals surface area contributed by atoms with Crippen LogP contribution in [0.2, 0.25) is 0 Å². The van der Waals surface area contributed by atoms with Crippen molar-refractivity contribution in [3.8, 4) is 6.07 Å². The van der Waals surface area contributed by atoms with E-state index in [4.69, 9.17) is 5.26 Å². The van der Waals surface area contributed by atoms with Gasteiger partial charge in [0.25, 0.3) is 0 Å². The lowest BCUT2D eigenvalue weighted by Gasteiger charge is -2.22. The van der Waals surface area contributed by atoms with Crippen molar-refractivity contribution in [2.75, 3.05) is 12.3 Å². The molecule has 0 spiro atoms. The van der Waals surface area contributed by atoms with Gasteiger partial charge in [-0.05, 0) is 44.2 Å². The van der Waals surface area contributed by atoms with Gasteiger partial charge in [0.1, 0.15) is 5.54 Å². The highest BCUT2D eigenvalue weighted by atomic mass is 32.2. The zero-order valence-corrected chi connectivity index (χ0v) is 12.8. The molecular formula is C14H18F3N3S. The van der Waals surface area contributed by atoms with Gasteiger partial charge >= 0.3 is 6.18 Å². The van der Waals surface area contributed by atoms with E-state index in [1.165, 1.54) is 17.8 Å². The van der Waals surface area contributed by atoms with Crippen LogP contribution in [0.15, 0.2) is 23.4 Å². The largest absolute Gasteiger partial charge is 0.417 e. The summed E-state index contributed by atoms with van der Waals surface area (Å²) in [6.07, 6.45) is -2.04. The topological polar surface area (TPSA) is 48.7 Å². The van der Waals surface area contributed by atoms with Crippen LogP contribution in [0.25, 0.3) is 0 Å². The second-order valence-electron chi connectivity index (χ2n) is 4.81. The van der Waals surface area contributed by atoms with Crippen LogP contribution in [0, 0.1) is 11.3 Å². The number of hydrogen-bond acceptors (Lipinski definition) is 4. The molecule has 0 fully saturated rings. The van der Waals surface area contributed by atoms with Gasteiger partial charge in [0.15, 0.2) is 0 Å². The molecule has 0 radical (unpaired) electrons. The van der Waals surface area contributed by atoms with Crippen molar-refractivity contribution < 1.29 is 13.2 Å². The molecule has 1 rings (SSSR count). The van der Waals surface area contributed by atoms with Crippen molar-refractivity contribution in [3.05, 3.63) is 23.9 Å². The Balaban J connectivity index is 2.42. The lowest BCUT2D eigenvalue weighted by atomic mass is 9.98. The minimum Gasteiger partial charge on any atom is -0.300 e. The molecule has 21 heavy (non-hydrogen) atoms. The molecule has 0 aromatic carbocycles. The summed E-state index contributed by atoms with van der Waals surface area (Å²) in [5.74, 6) is 0.709. The molecule has 0 aliphatic heterocycles. The second-order valence-corrected chi connectivity index (χ2v) is 5.92. The fraction of sp³-hybridized carbons (Fsp3) is 0.571. The van der Waals surface area contributed by atoms with Gasteiger partial charge in [-0.2, -0.15) is 18.4 Å². The maximum Gasteiger partial charge on any atom is 0.417 e. The fourth-order valence-electron chi connectivity index (χ4n) is 1.81. The SMILES string of the molecule is CCNC(C)(C#N)CCCSc1ccc(C(F)(F)F)cn1. The number of nitriles is 1. The number of nitrogens with one attached hydrogen (secondary N) is 1. The average Bonchev–Trinajstić information content (AvgIpc) is 2.43. The van der Waals surface area contributed by atoms with E-state index in [9.17, 15) is 13.2 Å².